The van der Waals surface area contributed by atoms with E-state index < -0.39 is 11.8 Å². The lowest BCUT2D eigenvalue weighted by Crippen LogP contribution is -2.40. The van der Waals surface area contributed by atoms with Crippen molar-refractivity contribution in [2.24, 2.45) is 0 Å². The van der Waals surface area contributed by atoms with Crippen molar-refractivity contribution in [3.05, 3.63) is 34.4 Å². The smallest absolute Gasteiger partial charge is 0.313 e. The van der Waals surface area contributed by atoms with E-state index in [1.165, 1.54) is 19.3 Å². The SMILES string of the molecule is CC1CCCCN1CCCNC(=O)C(=O)Nc1ccc2nc3n(c(=O)c2c1)CCCCC3. The van der Waals surface area contributed by atoms with Crippen LogP contribution in [-0.4, -0.2) is 51.9 Å². The molecule has 8 heteroatoms. The number of nitrogens with zero attached hydrogens (tertiary/aromatic N) is 3. The highest BCUT2D eigenvalue weighted by Gasteiger charge is 2.19. The first-order valence-corrected chi connectivity index (χ1v) is 11.9. The molecule has 4 rings (SSSR count). The van der Waals surface area contributed by atoms with Gasteiger partial charge in [-0.15, -0.1) is 0 Å². The van der Waals surface area contributed by atoms with Gasteiger partial charge in [-0.05, 0) is 63.8 Å². The van der Waals surface area contributed by atoms with E-state index in [1.807, 2.05) is 0 Å². The largest absolute Gasteiger partial charge is 0.348 e. The number of fused-ring (bicyclic) bond motifs is 2. The monoisotopic (exact) mass is 439 g/mol. The maximum absolute atomic E-state index is 13.0. The van der Waals surface area contributed by atoms with E-state index in [2.05, 4.69) is 27.4 Å². The van der Waals surface area contributed by atoms with Gasteiger partial charge in [-0.2, -0.15) is 0 Å². The predicted octanol–water partition coefficient (Wildman–Crippen LogP) is 2.44. The number of carbonyl (C=O) groups is 2. The Hall–Kier alpha value is -2.74. The maximum Gasteiger partial charge on any atom is 0.313 e. The van der Waals surface area contributed by atoms with Gasteiger partial charge in [-0.3, -0.25) is 19.0 Å². The summed E-state index contributed by atoms with van der Waals surface area (Å²) in [4.78, 5) is 44.6. The van der Waals surface area contributed by atoms with E-state index in [4.69, 9.17) is 0 Å². The van der Waals surface area contributed by atoms with Crippen LogP contribution in [0.1, 0.15) is 57.7 Å². The summed E-state index contributed by atoms with van der Waals surface area (Å²) < 4.78 is 1.75. The van der Waals surface area contributed by atoms with Crippen LogP contribution >= 0.6 is 0 Å². The highest BCUT2D eigenvalue weighted by atomic mass is 16.2. The zero-order chi connectivity index (χ0) is 22.5. The van der Waals surface area contributed by atoms with Crippen LogP contribution in [-0.2, 0) is 22.6 Å². The summed E-state index contributed by atoms with van der Waals surface area (Å²) >= 11 is 0. The van der Waals surface area contributed by atoms with Gasteiger partial charge in [0.05, 0.1) is 10.9 Å². The zero-order valence-electron chi connectivity index (χ0n) is 18.9. The van der Waals surface area contributed by atoms with Crippen molar-refractivity contribution in [3.8, 4) is 0 Å². The molecular weight excluding hydrogens is 406 g/mol. The molecule has 0 spiro atoms. The number of aryl methyl sites for hydroxylation is 1. The Kier molecular flexibility index (Phi) is 7.19. The lowest BCUT2D eigenvalue weighted by Gasteiger charge is -2.33. The van der Waals surface area contributed by atoms with Crippen molar-refractivity contribution in [2.45, 2.75) is 70.9 Å². The summed E-state index contributed by atoms with van der Waals surface area (Å²) in [6.45, 7) is 5.41. The number of amides is 2. The average molecular weight is 440 g/mol. The van der Waals surface area contributed by atoms with E-state index in [9.17, 15) is 14.4 Å². The number of likely N-dealkylation sites (tertiary alicyclic amines) is 1. The maximum atomic E-state index is 13.0. The van der Waals surface area contributed by atoms with Gasteiger partial charge in [0, 0.05) is 37.8 Å². The second kappa shape index (κ2) is 10.3. The molecule has 0 saturated carbocycles. The Morgan fingerprint density at radius 3 is 2.78 bits per heavy atom. The van der Waals surface area contributed by atoms with Gasteiger partial charge in [0.25, 0.3) is 5.56 Å². The molecule has 2 N–H and O–H groups in total. The minimum Gasteiger partial charge on any atom is -0.348 e. The Balaban J connectivity index is 1.34. The third-order valence-corrected chi connectivity index (χ3v) is 6.63. The van der Waals surface area contributed by atoms with Crippen LogP contribution in [0.5, 0.6) is 0 Å². The first-order valence-electron chi connectivity index (χ1n) is 11.9. The highest BCUT2D eigenvalue weighted by molar-refractivity contribution is 6.39. The van der Waals surface area contributed by atoms with Crippen molar-refractivity contribution >= 4 is 28.4 Å². The number of carbonyl (C=O) groups excluding carboxylic acids is 2. The zero-order valence-corrected chi connectivity index (χ0v) is 18.9. The normalized spacial score (nSPS) is 19.2. The van der Waals surface area contributed by atoms with E-state index in [-0.39, 0.29) is 5.56 Å². The van der Waals surface area contributed by atoms with E-state index >= 15 is 0 Å². The number of rotatable bonds is 5. The first kappa shape index (κ1) is 22.5. The van der Waals surface area contributed by atoms with Gasteiger partial charge in [-0.25, -0.2) is 4.98 Å². The lowest BCUT2D eigenvalue weighted by atomic mass is 10.0. The molecular formula is C24H33N5O3. The lowest BCUT2D eigenvalue weighted by molar-refractivity contribution is -0.136. The molecule has 1 aromatic heterocycles. The standard InChI is InChI=1S/C24H33N5O3/c1-17-8-4-6-13-28(17)14-7-12-25-22(30)23(31)26-18-10-11-20-19(16-18)24(32)29-15-5-2-3-9-21(29)27-20/h10-11,16-17H,2-9,12-15H2,1H3,(H,25,30)(H,26,31). The molecule has 1 saturated heterocycles. The van der Waals surface area contributed by atoms with E-state index in [1.54, 1.807) is 22.8 Å². The number of hydrogen-bond acceptors (Lipinski definition) is 5. The van der Waals surface area contributed by atoms with Gasteiger partial charge in [0.1, 0.15) is 5.82 Å². The second-order valence-corrected chi connectivity index (χ2v) is 8.97. The number of aromatic nitrogens is 2. The van der Waals surface area contributed by atoms with Crippen LogP contribution in [0.2, 0.25) is 0 Å². The van der Waals surface area contributed by atoms with Crippen LogP contribution in [0, 0.1) is 0 Å². The quantitative estimate of drug-likeness (QED) is 0.551. The molecule has 2 aromatic rings. The molecule has 172 valence electrons. The fraction of sp³-hybridized carbons (Fsp3) is 0.583. The minimum atomic E-state index is -0.724. The van der Waals surface area contributed by atoms with E-state index in [0.717, 1.165) is 51.0 Å². The molecule has 2 amide bonds. The predicted molar refractivity (Wildman–Crippen MR) is 125 cm³/mol. The molecule has 3 heterocycles. The fourth-order valence-electron chi connectivity index (χ4n) is 4.74. The fourth-order valence-corrected chi connectivity index (χ4v) is 4.74. The van der Waals surface area contributed by atoms with Gasteiger partial charge in [0.2, 0.25) is 0 Å². The van der Waals surface area contributed by atoms with E-state index in [0.29, 0.717) is 35.7 Å². The van der Waals surface area contributed by atoms with Gasteiger partial charge < -0.3 is 15.5 Å². The molecule has 0 bridgehead atoms. The summed E-state index contributed by atoms with van der Waals surface area (Å²) in [5.41, 5.74) is 0.963. The summed E-state index contributed by atoms with van der Waals surface area (Å²) in [5.74, 6) is -0.554. The Morgan fingerprint density at radius 1 is 1.09 bits per heavy atom. The molecule has 32 heavy (non-hydrogen) atoms. The van der Waals surface area contributed by atoms with Crippen LogP contribution in [0.3, 0.4) is 0 Å². The van der Waals surface area contributed by atoms with Crippen molar-refractivity contribution in [1.29, 1.82) is 0 Å². The summed E-state index contributed by atoms with van der Waals surface area (Å²) in [6, 6.07) is 5.62. The van der Waals surface area contributed by atoms with Crippen LogP contribution in [0.15, 0.2) is 23.0 Å². The summed E-state index contributed by atoms with van der Waals surface area (Å²) in [6.07, 6.45) is 8.45. The third kappa shape index (κ3) is 5.18. The molecule has 1 atom stereocenters. The minimum absolute atomic E-state index is 0.0839. The average Bonchev–Trinajstić information content (AvgIpc) is 3.04. The van der Waals surface area contributed by atoms with Crippen LogP contribution in [0.4, 0.5) is 5.69 Å². The Morgan fingerprint density at radius 2 is 1.94 bits per heavy atom. The molecule has 2 aliphatic rings. The first-order chi connectivity index (χ1) is 15.5. The Labute approximate surface area is 188 Å². The van der Waals surface area contributed by atoms with Gasteiger partial charge >= 0.3 is 11.8 Å². The van der Waals surface area contributed by atoms with Gasteiger partial charge in [0.15, 0.2) is 0 Å². The number of anilines is 1. The van der Waals surface area contributed by atoms with Crippen molar-refractivity contribution in [2.75, 3.05) is 25.0 Å². The molecule has 1 fully saturated rings. The molecule has 0 aliphatic carbocycles. The molecule has 1 unspecified atom stereocenters. The van der Waals surface area contributed by atoms with Crippen molar-refractivity contribution in [3.63, 3.8) is 0 Å². The summed E-state index contributed by atoms with van der Waals surface area (Å²) in [7, 11) is 0. The number of hydrogen-bond donors (Lipinski definition) is 2. The molecule has 8 nitrogen and oxygen atoms in total. The number of nitrogens with one attached hydrogen (secondary N) is 2. The van der Waals surface area contributed by atoms with Crippen LogP contribution in [0.25, 0.3) is 10.9 Å². The van der Waals surface area contributed by atoms with Crippen molar-refractivity contribution < 1.29 is 9.59 Å². The number of piperidine rings is 1. The second-order valence-electron chi connectivity index (χ2n) is 8.97. The van der Waals surface area contributed by atoms with Gasteiger partial charge in [-0.1, -0.05) is 12.8 Å². The Bertz CT molecular complexity index is 1050. The summed E-state index contributed by atoms with van der Waals surface area (Å²) in [5, 5.41) is 5.77. The number of benzene rings is 1. The van der Waals surface area contributed by atoms with Crippen LogP contribution < -0.4 is 16.2 Å². The third-order valence-electron chi connectivity index (χ3n) is 6.63. The van der Waals surface area contributed by atoms with Crippen molar-refractivity contribution in [1.82, 2.24) is 19.8 Å². The molecule has 0 radical (unpaired) electrons. The topological polar surface area (TPSA) is 96.3 Å². The molecule has 1 aromatic carbocycles. The highest BCUT2D eigenvalue weighted by Crippen LogP contribution is 2.19. The molecule has 2 aliphatic heterocycles.